The lowest BCUT2D eigenvalue weighted by atomic mass is 9.96. The van der Waals surface area contributed by atoms with Crippen LogP contribution in [0.4, 0.5) is 0 Å². The molecule has 0 saturated heterocycles. The average Bonchev–Trinajstić information content (AvgIpc) is 2.43. The Bertz CT molecular complexity index is 742. The Hall–Kier alpha value is -2.15. The van der Waals surface area contributed by atoms with Crippen molar-refractivity contribution in [2.24, 2.45) is 0 Å². The first kappa shape index (κ1) is 11.9. The van der Waals surface area contributed by atoms with E-state index in [2.05, 4.69) is 63.2 Å². The summed E-state index contributed by atoms with van der Waals surface area (Å²) in [5, 5.41) is 1.29. The molecule has 0 N–H and O–H groups in total. The van der Waals surface area contributed by atoms with Gasteiger partial charge in [-0.2, -0.15) is 0 Å². The van der Waals surface area contributed by atoms with Crippen LogP contribution in [0.1, 0.15) is 16.7 Å². The molecule has 94 valence electrons. The zero-order valence-corrected chi connectivity index (χ0v) is 11.6. The molecule has 0 aliphatic heterocycles. The van der Waals surface area contributed by atoms with Crippen molar-refractivity contribution in [3.8, 4) is 11.3 Å². The lowest BCUT2D eigenvalue weighted by Crippen LogP contribution is -1.95. The van der Waals surface area contributed by atoms with E-state index in [0.29, 0.717) is 0 Å². The number of rotatable bonds is 1. The van der Waals surface area contributed by atoms with Crippen LogP contribution < -0.4 is 0 Å². The molecule has 0 aliphatic rings. The predicted molar refractivity (Wildman–Crippen MR) is 81.4 cm³/mol. The molecule has 3 rings (SSSR count). The van der Waals surface area contributed by atoms with Crippen LogP contribution in [0.5, 0.6) is 0 Å². The summed E-state index contributed by atoms with van der Waals surface area (Å²) in [5.74, 6) is 0. The highest BCUT2D eigenvalue weighted by atomic mass is 14.7. The number of aromatic nitrogens is 1. The summed E-state index contributed by atoms with van der Waals surface area (Å²) >= 11 is 0. The van der Waals surface area contributed by atoms with Crippen molar-refractivity contribution >= 4 is 10.9 Å². The molecule has 1 heterocycles. The Morgan fingerprint density at radius 1 is 0.737 bits per heavy atom. The van der Waals surface area contributed by atoms with Crippen LogP contribution in [-0.4, -0.2) is 4.98 Å². The first-order valence-corrected chi connectivity index (χ1v) is 6.60. The second-order valence-electron chi connectivity index (χ2n) is 5.05. The lowest BCUT2D eigenvalue weighted by molar-refractivity contribution is 1.27. The molecule has 0 radical (unpaired) electrons. The molecule has 0 bridgehead atoms. The lowest BCUT2D eigenvalue weighted by Gasteiger charge is -2.13. The molecule has 1 heteroatoms. The van der Waals surface area contributed by atoms with Gasteiger partial charge in [-0.15, -0.1) is 0 Å². The van der Waals surface area contributed by atoms with Crippen molar-refractivity contribution in [1.82, 2.24) is 4.98 Å². The molecule has 0 atom stereocenters. The van der Waals surface area contributed by atoms with Gasteiger partial charge in [0.25, 0.3) is 0 Å². The van der Waals surface area contributed by atoms with Gasteiger partial charge in [-0.25, -0.2) is 4.98 Å². The van der Waals surface area contributed by atoms with Crippen molar-refractivity contribution in [3.63, 3.8) is 0 Å². The Kier molecular flexibility index (Phi) is 2.83. The van der Waals surface area contributed by atoms with E-state index in [4.69, 9.17) is 4.98 Å². The highest BCUT2D eigenvalue weighted by Gasteiger charge is 2.11. The van der Waals surface area contributed by atoms with Gasteiger partial charge >= 0.3 is 0 Å². The van der Waals surface area contributed by atoms with E-state index < -0.39 is 0 Å². The van der Waals surface area contributed by atoms with Crippen molar-refractivity contribution in [3.05, 3.63) is 65.2 Å². The zero-order chi connectivity index (χ0) is 13.4. The first-order valence-electron chi connectivity index (χ1n) is 6.60. The molecule has 2 aromatic carbocycles. The number of hydrogen-bond acceptors (Lipinski definition) is 1. The largest absolute Gasteiger partial charge is 0.247 e. The van der Waals surface area contributed by atoms with E-state index in [1.165, 1.54) is 27.6 Å². The maximum atomic E-state index is 4.87. The Morgan fingerprint density at radius 3 is 2.21 bits per heavy atom. The van der Waals surface area contributed by atoms with E-state index in [1.807, 2.05) is 6.07 Å². The molecule has 1 aromatic heterocycles. The minimum Gasteiger partial charge on any atom is -0.247 e. The molecular weight excluding hydrogens is 230 g/mol. The normalized spacial score (nSPS) is 10.9. The summed E-state index contributed by atoms with van der Waals surface area (Å²) in [4.78, 5) is 4.87. The van der Waals surface area contributed by atoms with Crippen molar-refractivity contribution < 1.29 is 0 Å². The third-order valence-electron chi connectivity index (χ3n) is 3.82. The van der Waals surface area contributed by atoms with Gasteiger partial charge in [0.2, 0.25) is 0 Å². The number of aryl methyl sites for hydroxylation is 2. The van der Waals surface area contributed by atoms with Gasteiger partial charge in [0.05, 0.1) is 11.2 Å². The van der Waals surface area contributed by atoms with E-state index in [0.717, 1.165) is 11.2 Å². The van der Waals surface area contributed by atoms with Crippen LogP contribution in [0.15, 0.2) is 48.5 Å². The molecular formula is C18H17N. The Labute approximate surface area is 113 Å². The summed E-state index contributed by atoms with van der Waals surface area (Å²) in [7, 11) is 0. The molecule has 0 unspecified atom stereocenters. The maximum Gasteiger partial charge on any atom is 0.0741 e. The maximum absolute atomic E-state index is 4.87. The second-order valence-corrected chi connectivity index (χ2v) is 5.05. The number of fused-ring (bicyclic) bond motifs is 1. The van der Waals surface area contributed by atoms with Crippen LogP contribution in [-0.2, 0) is 0 Å². The molecule has 3 aromatic rings. The highest BCUT2D eigenvalue weighted by Crippen LogP contribution is 2.30. The van der Waals surface area contributed by atoms with Gasteiger partial charge in [-0.3, -0.25) is 0 Å². The predicted octanol–water partition coefficient (Wildman–Crippen LogP) is 4.83. The van der Waals surface area contributed by atoms with E-state index >= 15 is 0 Å². The average molecular weight is 247 g/mol. The van der Waals surface area contributed by atoms with Crippen LogP contribution in [0.2, 0.25) is 0 Å². The van der Waals surface area contributed by atoms with E-state index in [1.54, 1.807) is 0 Å². The number of nitrogens with zero attached hydrogens (tertiary/aromatic N) is 1. The fourth-order valence-electron chi connectivity index (χ4n) is 2.68. The topological polar surface area (TPSA) is 12.9 Å². The smallest absolute Gasteiger partial charge is 0.0741 e. The zero-order valence-electron chi connectivity index (χ0n) is 11.6. The third-order valence-corrected chi connectivity index (χ3v) is 3.82. The van der Waals surface area contributed by atoms with Gasteiger partial charge in [-0.05, 0) is 43.5 Å². The van der Waals surface area contributed by atoms with Gasteiger partial charge in [0.15, 0.2) is 0 Å². The summed E-state index contributed by atoms with van der Waals surface area (Å²) in [6, 6.07) is 16.7. The van der Waals surface area contributed by atoms with E-state index in [9.17, 15) is 0 Å². The summed E-state index contributed by atoms with van der Waals surface area (Å²) in [6.07, 6.45) is 0. The van der Waals surface area contributed by atoms with Gasteiger partial charge in [-0.1, -0.05) is 42.5 Å². The molecule has 0 saturated carbocycles. The standard InChI is InChI=1S/C18H17N/c1-12-8-7-11-16-17(12)13(2)14(3)18(19-16)15-9-5-4-6-10-15/h4-11H,1-3H3. The monoisotopic (exact) mass is 247 g/mol. The van der Waals surface area contributed by atoms with Crippen LogP contribution in [0.3, 0.4) is 0 Å². The van der Waals surface area contributed by atoms with Gasteiger partial charge in [0.1, 0.15) is 0 Å². The quantitative estimate of drug-likeness (QED) is 0.600. The van der Waals surface area contributed by atoms with Crippen molar-refractivity contribution in [1.29, 1.82) is 0 Å². The minimum atomic E-state index is 1.09. The Balaban J connectivity index is 2.37. The second kappa shape index (κ2) is 4.51. The Morgan fingerprint density at radius 2 is 1.47 bits per heavy atom. The molecule has 0 fully saturated rings. The molecule has 0 spiro atoms. The minimum absolute atomic E-state index is 1.09. The van der Waals surface area contributed by atoms with E-state index in [-0.39, 0.29) is 0 Å². The summed E-state index contributed by atoms with van der Waals surface area (Å²) < 4.78 is 0. The number of hydrogen-bond donors (Lipinski definition) is 0. The summed E-state index contributed by atoms with van der Waals surface area (Å²) in [5.41, 5.74) is 7.27. The van der Waals surface area contributed by atoms with Crippen molar-refractivity contribution in [2.75, 3.05) is 0 Å². The van der Waals surface area contributed by atoms with Crippen LogP contribution >= 0.6 is 0 Å². The highest BCUT2D eigenvalue weighted by molar-refractivity contribution is 5.89. The molecule has 1 nitrogen and oxygen atoms in total. The number of pyridine rings is 1. The van der Waals surface area contributed by atoms with Gasteiger partial charge < -0.3 is 0 Å². The van der Waals surface area contributed by atoms with Gasteiger partial charge in [0, 0.05) is 10.9 Å². The van der Waals surface area contributed by atoms with Crippen LogP contribution in [0.25, 0.3) is 22.2 Å². The van der Waals surface area contributed by atoms with Crippen LogP contribution in [0, 0.1) is 20.8 Å². The van der Waals surface area contributed by atoms with Crippen molar-refractivity contribution in [2.45, 2.75) is 20.8 Å². The molecule has 0 aliphatic carbocycles. The molecule has 19 heavy (non-hydrogen) atoms. The third kappa shape index (κ3) is 1.91. The fraction of sp³-hybridized carbons (Fsp3) is 0.167. The SMILES string of the molecule is Cc1c(-c2ccccc2)nc2cccc(C)c2c1C. The first-order chi connectivity index (χ1) is 9.18. The fourth-order valence-corrected chi connectivity index (χ4v) is 2.68. The number of benzene rings is 2. The summed E-state index contributed by atoms with van der Waals surface area (Å²) in [6.45, 7) is 6.51. The molecule has 0 amide bonds.